The van der Waals surface area contributed by atoms with Crippen molar-refractivity contribution in [2.45, 2.75) is 63.5 Å². The van der Waals surface area contributed by atoms with Crippen LogP contribution in [-0.2, 0) is 33.7 Å². The van der Waals surface area contributed by atoms with Gasteiger partial charge in [0, 0.05) is 29.0 Å². The highest BCUT2D eigenvalue weighted by molar-refractivity contribution is 7.83. The summed E-state index contributed by atoms with van der Waals surface area (Å²) < 4.78 is 69.8. The summed E-state index contributed by atoms with van der Waals surface area (Å²) in [6, 6.07) is 7.09. The summed E-state index contributed by atoms with van der Waals surface area (Å²) in [6.45, 7) is 2.04. The molecule has 4 aromatic heterocycles. The third kappa shape index (κ3) is 7.91. The number of ether oxygens (including phenoxy) is 2. The van der Waals surface area contributed by atoms with Crippen LogP contribution in [0.4, 0.5) is 11.8 Å². The van der Waals surface area contributed by atoms with Gasteiger partial charge in [0.15, 0.2) is 34.4 Å². The van der Waals surface area contributed by atoms with Crippen LogP contribution in [0.25, 0.3) is 22.3 Å². The van der Waals surface area contributed by atoms with Gasteiger partial charge < -0.3 is 19.9 Å². The van der Waals surface area contributed by atoms with Gasteiger partial charge in [0.2, 0.25) is 11.9 Å². The first-order chi connectivity index (χ1) is 26.7. The van der Waals surface area contributed by atoms with Crippen LogP contribution in [-0.4, -0.2) is 116 Å². The van der Waals surface area contributed by atoms with Crippen molar-refractivity contribution in [1.82, 2.24) is 43.3 Å². The van der Waals surface area contributed by atoms with Gasteiger partial charge in [-0.25, -0.2) is 19.9 Å². The van der Waals surface area contributed by atoms with Gasteiger partial charge in [0.05, 0.1) is 31.4 Å². The molecule has 0 spiro atoms. The number of nitrogens with zero attached hydrogens (tertiary/aromatic N) is 8. The van der Waals surface area contributed by atoms with Crippen LogP contribution in [0.3, 0.4) is 0 Å². The van der Waals surface area contributed by atoms with E-state index in [2.05, 4.69) is 40.5 Å². The van der Waals surface area contributed by atoms with E-state index < -0.39 is 91.8 Å². The Morgan fingerprint density at radius 2 is 1.79 bits per heavy atom. The zero-order chi connectivity index (χ0) is 39.9. The van der Waals surface area contributed by atoms with Gasteiger partial charge >= 0.3 is 18.6 Å². The Morgan fingerprint density at radius 3 is 2.48 bits per heavy atom. The first-order valence-corrected chi connectivity index (χ1v) is 19.5. The van der Waals surface area contributed by atoms with E-state index in [-0.39, 0.29) is 46.9 Å². The zero-order valence-corrected chi connectivity index (χ0v) is 31.1. The number of hydrogen-bond acceptors (Lipinski definition) is 15. The molecular formula is C31H35N11O12PS+. The average Bonchev–Trinajstić information content (AvgIpc) is 3.95. The Bertz CT molecular complexity index is 2460. The molecule has 2 amide bonds. The van der Waals surface area contributed by atoms with Crippen LogP contribution in [0.2, 0.25) is 0 Å². The number of carbonyl (C=O) groups excluding carboxylic acids is 2. The number of hydrogen-bond donors (Lipinski definition) is 6. The number of anilines is 2. The molecule has 2 aliphatic heterocycles. The number of H-pyrrole nitrogens is 1. The van der Waals surface area contributed by atoms with E-state index in [4.69, 9.17) is 14.0 Å². The summed E-state index contributed by atoms with van der Waals surface area (Å²) in [5.74, 6) is -1.49. The fraction of sp³-hybridized carbons (Fsp3) is 0.419. The number of amides is 2. The topological polar surface area (TPSA) is 308 Å². The van der Waals surface area contributed by atoms with Gasteiger partial charge in [-0.15, -0.1) is 9.42 Å². The SMILES string of the molecule is CC(C)C(=O)Nc1nc2c(ncn2[C@@H]2O[C@H](CO)C[C@H]2N(C[C@H]2O[C@@H](n3cnc4c(NC(=O)c5ccccc5)ncnc43)C[C@@H]2O[P+](=O)O)S(=O)(=O)O)c(=O)[nH]1. The molecule has 56 heavy (non-hydrogen) atoms. The van der Waals surface area contributed by atoms with Crippen molar-refractivity contribution in [3.8, 4) is 0 Å². The second-order valence-electron chi connectivity index (χ2n) is 13.2. The molecule has 5 aromatic rings. The Kier molecular flexibility index (Phi) is 11.0. The quantitative estimate of drug-likeness (QED) is 0.0710. The van der Waals surface area contributed by atoms with Gasteiger partial charge in [0.1, 0.15) is 24.8 Å². The van der Waals surface area contributed by atoms with Gasteiger partial charge in [0.25, 0.3) is 11.5 Å². The maximum absolute atomic E-state index is 13.2. The molecule has 1 unspecified atom stereocenters. The molecule has 2 saturated heterocycles. The largest absolute Gasteiger partial charge is 0.695 e. The lowest BCUT2D eigenvalue weighted by Gasteiger charge is -2.31. The molecule has 25 heteroatoms. The summed E-state index contributed by atoms with van der Waals surface area (Å²) >= 11 is 0. The number of aromatic amines is 1. The fourth-order valence-electron chi connectivity index (χ4n) is 6.55. The molecule has 2 fully saturated rings. The number of nitrogens with one attached hydrogen (secondary N) is 3. The van der Waals surface area contributed by atoms with Crippen LogP contribution in [0.1, 0.15) is 49.5 Å². The molecule has 2 aliphatic rings. The van der Waals surface area contributed by atoms with E-state index in [0.717, 1.165) is 6.33 Å². The number of benzene rings is 1. The van der Waals surface area contributed by atoms with E-state index in [9.17, 15) is 41.9 Å². The van der Waals surface area contributed by atoms with Crippen molar-refractivity contribution in [1.29, 1.82) is 0 Å². The minimum Gasteiger partial charge on any atom is -0.394 e. The van der Waals surface area contributed by atoms with Gasteiger partial charge in [-0.1, -0.05) is 32.0 Å². The van der Waals surface area contributed by atoms with E-state index in [0.29, 0.717) is 9.87 Å². The highest BCUT2D eigenvalue weighted by Gasteiger charge is 2.50. The van der Waals surface area contributed by atoms with Crippen LogP contribution >= 0.6 is 8.25 Å². The summed E-state index contributed by atoms with van der Waals surface area (Å²) in [5.41, 5.74) is -0.265. The van der Waals surface area contributed by atoms with Gasteiger partial charge in [-0.3, -0.25) is 38.4 Å². The first-order valence-electron chi connectivity index (χ1n) is 17.0. The van der Waals surface area contributed by atoms with E-state index in [1.54, 1.807) is 44.2 Å². The fourth-order valence-corrected chi connectivity index (χ4v) is 7.87. The van der Waals surface area contributed by atoms with Crippen molar-refractivity contribution >= 4 is 64.5 Å². The Hall–Kier alpha value is -5.17. The molecule has 6 N–H and O–H groups in total. The predicted octanol–water partition coefficient (Wildman–Crippen LogP) is 0.882. The maximum Gasteiger partial charge on any atom is 0.695 e. The van der Waals surface area contributed by atoms with Crippen molar-refractivity contribution in [3.05, 3.63) is 65.2 Å². The van der Waals surface area contributed by atoms with Crippen LogP contribution in [0, 0.1) is 5.92 Å². The van der Waals surface area contributed by atoms with Crippen LogP contribution in [0.15, 0.2) is 54.1 Å². The molecule has 296 valence electrons. The molecule has 7 rings (SSSR count). The molecule has 7 atom stereocenters. The standard InChI is InChI=1S/C31H34N11O12PS/c1-15(2)27(44)38-31-37-26-23(29(46)39-31)35-14-41(26)30-18(8-17(11-43)52-30)42(56(49,50)51)10-20-19(54-55(47)48)9-21(53-20)40-13-34-22-24(32-12-33-25(22)40)36-28(45)16-6-4-3-5-7-16/h3-7,12-15,17-21,30,43H,8-11H2,1-2H3,(H4-,32,33,36,37,38,39,44,45,46,47,48,49,50,51)/p+1/t17-,18+,19-,20+,21+,30+/m0/s1. The second kappa shape index (κ2) is 15.8. The molecule has 0 radical (unpaired) electrons. The Morgan fingerprint density at radius 1 is 1.05 bits per heavy atom. The molecule has 1 aromatic carbocycles. The Balaban J connectivity index is 1.19. The molecule has 23 nitrogen and oxygen atoms in total. The molecule has 0 bridgehead atoms. The van der Waals surface area contributed by atoms with Crippen molar-refractivity contribution in [2.24, 2.45) is 5.92 Å². The monoisotopic (exact) mass is 816 g/mol. The number of imidazole rings is 2. The van der Waals surface area contributed by atoms with Crippen molar-refractivity contribution in [3.63, 3.8) is 0 Å². The number of aliphatic hydroxyl groups excluding tert-OH is 1. The summed E-state index contributed by atoms with van der Waals surface area (Å²) in [7, 11) is -8.38. The van der Waals surface area contributed by atoms with Crippen molar-refractivity contribution in [2.75, 3.05) is 23.8 Å². The molecule has 6 heterocycles. The smallest absolute Gasteiger partial charge is 0.394 e. The van der Waals surface area contributed by atoms with E-state index >= 15 is 0 Å². The highest BCUT2D eigenvalue weighted by Crippen LogP contribution is 2.40. The highest BCUT2D eigenvalue weighted by atomic mass is 32.2. The lowest BCUT2D eigenvalue weighted by Crippen LogP contribution is -2.48. The lowest BCUT2D eigenvalue weighted by molar-refractivity contribution is -0.118. The zero-order valence-electron chi connectivity index (χ0n) is 29.4. The Labute approximate surface area is 316 Å². The van der Waals surface area contributed by atoms with Crippen LogP contribution < -0.4 is 16.2 Å². The summed E-state index contributed by atoms with van der Waals surface area (Å²) in [4.78, 5) is 71.5. The number of aliphatic hydroxyl groups is 1. The van der Waals surface area contributed by atoms with Crippen LogP contribution in [0.5, 0.6) is 0 Å². The van der Waals surface area contributed by atoms with Crippen molar-refractivity contribution < 1.29 is 51.1 Å². The number of fused-ring (bicyclic) bond motifs is 2. The predicted molar refractivity (Wildman–Crippen MR) is 192 cm³/mol. The molecule has 0 aliphatic carbocycles. The summed E-state index contributed by atoms with van der Waals surface area (Å²) in [5, 5.41) is 15.3. The summed E-state index contributed by atoms with van der Waals surface area (Å²) in [6.07, 6.45) is -2.51. The molecular weight excluding hydrogens is 781 g/mol. The lowest BCUT2D eigenvalue weighted by atomic mass is 10.1. The average molecular weight is 817 g/mol. The number of rotatable bonds is 13. The normalized spacial score (nSPS) is 23.0. The third-order valence-corrected chi connectivity index (χ3v) is 10.7. The van der Waals surface area contributed by atoms with Gasteiger partial charge in [-0.05, 0) is 18.6 Å². The van der Waals surface area contributed by atoms with E-state index in [1.165, 1.54) is 21.8 Å². The minimum absolute atomic E-state index is 0.0876. The third-order valence-electron chi connectivity index (χ3n) is 9.21. The number of aromatic nitrogens is 8. The maximum atomic E-state index is 13.2. The second-order valence-corrected chi connectivity index (χ2v) is 15.2. The molecule has 0 saturated carbocycles. The number of carbonyl (C=O) groups is 2. The first kappa shape index (κ1) is 39.1. The van der Waals surface area contributed by atoms with E-state index in [1.807, 2.05) is 0 Å². The van der Waals surface area contributed by atoms with Gasteiger partial charge in [-0.2, -0.15) is 17.7 Å². The minimum atomic E-state index is -5.14.